The first-order valence-corrected chi connectivity index (χ1v) is 7.86. The molecule has 1 heterocycles. The number of hydrogen-bond donors (Lipinski definition) is 1. The molecular weight excluding hydrogens is 312 g/mol. The molecule has 0 amide bonds. The average molecular weight is 329 g/mol. The van der Waals surface area contributed by atoms with Gasteiger partial charge in [0.05, 0.1) is 4.90 Å². The summed E-state index contributed by atoms with van der Waals surface area (Å²) in [6.07, 6.45) is 1.68. The maximum atomic E-state index is 10.8. The van der Waals surface area contributed by atoms with Crippen LogP contribution in [0.3, 0.4) is 0 Å². The first kappa shape index (κ1) is 17.4. The second-order valence-electron chi connectivity index (χ2n) is 4.61. The number of benzene rings is 1. The van der Waals surface area contributed by atoms with Crippen LogP contribution in [0.1, 0.15) is 16.7 Å². The average Bonchev–Trinajstić information content (AvgIpc) is 2.30. The number of nitrogen functional groups attached to an aromatic ring is 1. The summed E-state index contributed by atoms with van der Waals surface area (Å²) in [5.74, 6) is 5.30. The monoisotopic (exact) mass is 328 g/mol. The maximum absolute atomic E-state index is 10.8. The number of rotatable bonds is 1. The molecule has 1 aromatic carbocycles. The number of nitrogens with two attached hydrogens (primary N) is 1. The van der Waals surface area contributed by atoms with Crippen molar-refractivity contribution in [1.29, 1.82) is 0 Å². The lowest BCUT2D eigenvalue weighted by Crippen LogP contribution is -2.44. The Morgan fingerprint density at radius 1 is 1.14 bits per heavy atom. The zero-order chi connectivity index (χ0) is 16.2. The summed E-state index contributed by atoms with van der Waals surface area (Å²) in [6.45, 7) is 5.12. The summed E-state index contributed by atoms with van der Waals surface area (Å²) in [7, 11) is -4.33. The highest BCUT2D eigenvalue weighted by molar-refractivity contribution is 7.85. The van der Waals surface area contributed by atoms with Crippen molar-refractivity contribution in [3.05, 3.63) is 58.4 Å². The van der Waals surface area contributed by atoms with Crippen molar-refractivity contribution >= 4 is 21.7 Å². The lowest BCUT2D eigenvalue weighted by molar-refractivity contribution is -0.636. The Morgan fingerprint density at radius 2 is 1.67 bits per heavy atom. The molecule has 2 N–H and O–H groups in total. The highest BCUT2D eigenvalue weighted by atomic mass is 35.5. The van der Waals surface area contributed by atoms with Crippen LogP contribution >= 0.6 is 11.6 Å². The van der Waals surface area contributed by atoms with E-state index in [2.05, 4.69) is 0 Å². The fourth-order valence-electron chi connectivity index (χ4n) is 2.00. The van der Waals surface area contributed by atoms with Crippen LogP contribution in [-0.4, -0.2) is 13.0 Å². The van der Waals surface area contributed by atoms with Gasteiger partial charge in [-0.05, 0) is 49.6 Å². The molecule has 2 rings (SSSR count). The van der Waals surface area contributed by atoms with Crippen molar-refractivity contribution in [3.8, 4) is 0 Å². The van der Waals surface area contributed by atoms with Gasteiger partial charge in [0.1, 0.15) is 10.1 Å². The SMILES string of the molecule is Cc1cc(C)c(S(=O)(=O)[O-])c(C)c1.N[n+]1ccccc1Cl. The van der Waals surface area contributed by atoms with Crippen LogP contribution in [0.25, 0.3) is 0 Å². The summed E-state index contributed by atoms with van der Waals surface area (Å²) in [6, 6.07) is 8.74. The molecule has 0 radical (unpaired) electrons. The van der Waals surface area contributed by atoms with Crippen molar-refractivity contribution in [2.75, 3.05) is 5.84 Å². The van der Waals surface area contributed by atoms with E-state index in [9.17, 15) is 13.0 Å². The van der Waals surface area contributed by atoms with E-state index in [0.717, 1.165) is 5.56 Å². The summed E-state index contributed by atoms with van der Waals surface area (Å²) in [5, 5.41) is 0.535. The molecule has 0 atom stereocenters. The zero-order valence-corrected chi connectivity index (χ0v) is 13.6. The van der Waals surface area contributed by atoms with Gasteiger partial charge in [-0.2, -0.15) is 0 Å². The van der Waals surface area contributed by atoms with Gasteiger partial charge in [-0.25, -0.2) is 14.3 Å². The molecular formula is C14H17ClN2O3S. The molecule has 1 aromatic heterocycles. The first-order chi connectivity index (χ1) is 9.62. The Balaban J connectivity index is 0.000000235. The van der Waals surface area contributed by atoms with E-state index in [0.29, 0.717) is 16.3 Å². The molecule has 114 valence electrons. The Kier molecular flexibility index (Phi) is 5.71. The Morgan fingerprint density at radius 3 is 2.00 bits per heavy atom. The van der Waals surface area contributed by atoms with Gasteiger partial charge >= 0.3 is 5.15 Å². The van der Waals surface area contributed by atoms with Gasteiger partial charge in [0.15, 0.2) is 0 Å². The minimum atomic E-state index is -4.33. The number of halogens is 1. The van der Waals surface area contributed by atoms with Crippen LogP contribution in [0.5, 0.6) is 0 Å². The smallest absolute Gasteiger partial charge is 0.303 e. The van der Waals surface area contributed by atoms with E-state index < -0.39 is 10.1 Å². The number of pyridine rings is 1. The largest absolute Gasteiger partial charge is 0.744 e. The summed E-state index contributed by atoms with van der Waals surface area (Å²) >= 11 is 5.55. The molecule has 0 fully saturated rings. The van der Waals surface area contributed by atoms with Gasteiger partial charge in [0, 0.05) is 12.1 Å². The molecule has 5 nitrogen and oxygen atoms in total. The van der Waals surface area contributed by atoms with Crippen LogP contribution in [0, 0.1) is 20.8 Å². The molecule has 0 saturated heterocycles. The molecule has 0 aliphatic rings. The van der Waals surface area contributed by atoms with Gasteiger partial charge in [-0.15, -0.1) is 0 Å². The number of hydrogen-bond acceptors (Lipinski definition) is 4. The van der Waals surface area contributed by atoms with Crippen LogP contribution < -0.4 is 10.5 Å². The number of nitrogens with zero attached hydrogens (tertiary/aromatic N) is 1. The van der Waals surface area contributed by atoms with Gasteiger partial charge in [0.2, 0.25) is 6.20 Å². The van der Waals surface area contributed by atoms with E-state index in [1.807, 2.05) is 19.1 Å². The molecule has 21 heavy (non-hydrogen) atoms. The number of aromatic nitrogens is 1. The lowest BCUT2D eigenvalue weighted by Gasteiger charge is -2.14. The molecule has 7 heteroatoms. The van der Waals surface area contributed by atoms with Gasteiger partial charge in [-0.1, -0.05) is 22.4 Å². The fraction of sp³-hybridized carbons (Fsp3) is 0.214. The normalized spacial score (nSPS) is 10.7. The summed E-state index contributed by atoms with van der Waals surface area (Å²) < 4.78 is 33.8. The number of aryl methyl sites for hydroxylation is 3. The van der Waals surface area contributed by atoms with Crippen LogP contribution in [0.4, 0.5) is 0 Å². The van der Waals surface area contributed by atoms with Crippen molar-refractivity contribution in [3.63, 3.8) is 0 Å². The topological polar surface area (TPSA) is 87.1 Å². The fourth-order valence-corrected chi connectivity index (χ4v) is 3.03. The molecule has 2 aromatic rings. The van der Waals surface area contributed by atoms with E-state index in [-0.39, 0.29) is 4.90 Å². The van der Waals surface area contributed by atoms with Crippen molar-refractivity contribution in [1.82, 2.24) is 0 Å². The van der Waals surface area contributed by atoms with Gasteiger partial charge in [0.25, 0.3) is 0 Å². The third kappa shape index (κ3) is 5.00. The second-order valence-corrected chi connectivity index (χ2v) is 6.32. The molecule has 0 saturated carbocycles. The minimum Gasteiger partial charge on any atom is -0.744 e. The highest BCUT2D eigenvalue weighted by Gasteiger charge is 2.09. The third-order valence-electron chi connectivity index (χ3n) is 2.69. The van der Waals surface area contributed by atoms with Gasteiger partial charge in [-0.3, -0.25) is 0 Å². The highest BCUT2D eigenvalue weighted by Crippen LogP contribution is 2.20. The molecule has 0 bridgehead atoms. The van der Waals surface area contributed by atoms with Crippen molar-refractivity contribution < 1.29 is 17.6 Å². The third-order valence-corrected chi connectivity index (χ3v) is 4.16. The van der Waals surface area contributed by atoms with Crippen LogP contribution in [0.2, 0.25) is 5.15 Å². The van der Waals surface area contributed by atoms with Crippen LogP contribution in [-0.2, 0) is 10.1 Å². The Bertz CT molecular complexity index is 702. The standard InChI is InChI=1S/C9H12O3S.C5H6ClN2/c1-6-4-7(2)9(8(3)5-6)13(10,11)12;6-5-3-1-2-4-8(5)7/h4-5H,1-3H3,(H,10,11,12);1-4H,7H2/q;+1/p-1. The minimum absolute atomic E-state index is 0.0851. The Hall–Kier alpha value is -1.63. The molecule has 0 spiro atoms. The van der Waals surface area contributed by atoms with Crippen molar-refractivity contribution in [2.45, 2.75) is 25.7 Å². The van der Waals surface area contributed by atoms with E-state index in [1.54, 1.807) is 38.2 Å². The predicted octanol–water partition coefficient (Wildman–Crippen LogP) is 1.86. The molecule has 0 unspecified atom stereocenters. The summed E-state index contributed by atoms with van der Waals surface area (Å²) in [5.41, 5.74) is 2.00. The first-order valence-electron chi connectivity index (χ1n) is 6.08. The predicted molar refractivity (Wildman–Crippen MR) is 80.4 cm³/mol. The zero-order valence-electron chi connectivity index (χ0n) is 12.0. The Labute approximate surface area is 129 Å². The molecule has 0 aliphatic heterocycles. The maximum Gasteiger partial charge on any atom is 0.303 e. The van der Waals surface area contributed by atoms with E-state index in [1.165, 1.54) is 4.68 Å². The molecule has 0 aliphatic carbocycles. The van der Waals surface area contributed by atoms with Crippen LogP contribution in [0.15, 0.2) is 41.4 Å². The second kappa shape index (κ2) is 6.89. The van der Waals surface area contributed by atoms with Gasteiger partial charge < -0.3 is 4.55 Å². The van der Waals surface area contributed by atoms with E-state index in [4.69, 9.17) is 17.4 Å². The lowest BCUT2D eigenvalue weighted by atomic mass is 10.1. The van der Waals surface area contributed by atoms with E-state index >= 15 is 0 Å². The van der Waals surface area contributed by atoms with Crippen molar-refractivity contribution in [2.24, 2.45) is 0 Å². The quantitative estimate of drug-likeness (QED) is 0.374. The summed E-state index contributed by atoms with van der Waals surface area (Å²) in [4.78, 5) is -0.0851.